The number of anilines is 1. The maximum Gasteiger partial charge on any atom is 0.313 e. The number of carboxylic acid groups (broad SMARTS) is 1. The molecule has 3 aromatic carbocycles. The number of carbonyl (C=O) groups is 1. The fourth-order valence-electron chi connectivity index (χ4n) is 2.83. The summed E-state index contributed by atoms with van der Waals surface area (Å²) in [6, 6.07) is 13.1. The van der Waals surface area contributed by atoms with Crippen LogP contribution in [-0.4, -0.2) is 31.4 Å². The lowest BCUT2D eigenvalue weighted by Gasteiger charge is -2.19. The van der Waals surface area contributed by atoms with Crippen molar-refractivity contribution in [3.05, 3.63) is 60.4 Å². The number of thioether (sulfide) groups is 1. The van der Waals surface area contributed by atoms with Crippen molar-refractivity contribution in [2.75, 3.05) is 10.5 Å². The minimum absolute atomic E-state index is 0.0878. The predicted molar refractivity (Wildman–Crippen MR) is 115 cm³/mol. The van der Waals surface area contributed by atoms with Gasteiger partial charge in [-0.25, -0.2) is 12.8 Å². The lowest BCUT2D eigenvalue weighted by molar-refractivity contribution is -0.133. The maximum atomic E-state index is 13.2. The van der Waals surface area contributed by atoms with Gasteiger partial charge in [0, 0.05) is 10.8 Å². The Balaban J connectivity index is 2.14. The Bertz CT molecular complexity index is 1180. The van der Waals surface area contributed by atoms with Crippen molar-refractivity contribution in [1.82, 2.24) is 0 Å². The second-order valence-corrected chi connectivity index (χ2v) is 9.40. The van der Waals surface area contributed by atoms with Crippen LogP contribution in [0, 0.1) is 5.82 Å². The standard InChI is InChI=1S/C21H20FNO5S2/c1-13(2)28-21-17-6-4-3-5-16(17)18(11-19(21)29-12-20(24)25)23-30(26,27)15-9-7-14(22)8-10-15/h3-11,13,23H,12H2,1-2H3,(H,24,25). The van der Waals surface area contributed by atoms with Gasteiger partial charge in [-0.1, -0.05) is 24.3 Å². The first-order valence-corrected chi connectivity index (χ1v) is 11.5. The number of benzene rings is 3. The number of carboxylic acids is 1. The molecule has 3 aromatic rings. The molecule has 0 spiro atoms. The third-order valence-corrected chi connectivity index (χ3v) is 6.42. The van der Waals surface area contributed by atoms with E-state index in [4.69, 9.17) is 9.84 Å². The number of aliphatic carboxylic acids is 1. The number of halogens is 1. The summed E-state index contributed by atoms with van der Waals surface area (Å²) in [7, 11) is -3.99. The fourth-order valence-corrected chi connectivity index (χ4v) is 4.67. The number of hydrogen-bond donors (Lipinski definition) is 2. The molecule has 0 saturated heterocycles. The van der Waals surface area contributed by atoms with Crippen molar-refractivity contribution in [3.63, 3.8) is 0 Å². The summed E-state index contributed by atoms with van der Waals surface area (Å²) in [5.41, 5.74) is 0.277. The zero-order valence-corrected chi connectivity index (χ0v) is 17.9. The summed E-state index contributed by atoms with van der Waals surface area (Å²) < 4.78 is 47.3. The van der Waals surface area contributed by atoms with E-state index in [1.807, 2.05) is 13.8 Å². The van der Waals surface area contributed by atoms with Crippen LogP contribution in [0.15, 0.2) is 64.4 Å². The molecule has 0 atom stereocenters. The molecule has 0 radical (unpaired) electrons. The molecule has 0 heterocycles. The van der Waals surface area contributed by atoms with Gasteiger partial charge in [0.25, 0.3) is 10.0 Å². The van der Waals surface area contributed by atoms with Crippen LogP contribution in [0.25, 0.3) is 10.8 Å². The van der Waals surface area contributed by atoms with Gasteiger partial charge in [0.15, 0.2) is 0 Å². The lowest BCUT2D eigenvalue weighted by Crippen LogP contribution is -2.14. The van der Waals surface area contributed by atoms with Crippen LogP contribution in [-0.2, 0) is 14.8 Å². The highest BCUT2D eigenvalue weighted by molar-refractivity contribution is 8.00. The summed E-state index contributed by atoms with van der Waals surface area (Å²) in [6.07, 6.45) is -0.167. The van der Waals surface area contributed by atoms with Crippen LogP contribution < -0.4 is 9.46 Å². The Labute approximate surface area is 178 Å². The zero-order valence-electron chi connectivity index (χ0n) is 16.3. The smallest absolute Gasteiger partial charge is 0.313 e. The topological polar surface area (TPSA) is 92.7 Å². The van der Waals surface area contributed by atoms with Crippen LogP contribution >= 0.6 is 11.8 Å². The lowest BCUT2D eigenvalue weighted by atomic mass is 10.1. The molecule has 2 N–H and O–H groups in total. The molecule has 0 bridgehead atoms. The minimum atomic E-state index is -3.99. The van der Waals surface area contributed by atoms with E-state index < -0.39 is 21.8 Å². The third kappa shape index (κ3) is 5.03. The van der Waals surface area contributed by atoms with E-state index in [0.29, 0.717) is 21.4 Å². The molecule has 9 heteroatoms. The first-order valence-electron chi connectivity index (χ1n) is 9.03. The predicted octanol–water partition coefficient (Wildman–Crippen LogP) is 4.74. The average Bonchev–Trinajstić information content (AvgIpc) is 2.68. The van der Waals surface area contributed by atoms with E-state index in [9.17, 15) is 17.6 Å². The van der Waals surface area contributed by atoms with Gasteiger partial charge in [0.2, 0.25) is 0 Å². The quantitative estimate of drug-likeness (QED) is 0.483. The molecule has 0 amide bonds. The van der Waals surface area contributed by atoms with Gasteiger partial charge in [0.1, 0.15) is 11.6 Å². The number of fused-ring (bicyclic) bond motifs is 1. The molecule has 0 unspecified atom stereocenters. The molecule has 0 aliphatic heterocycles. The molecule has 0 aromatic heterocycles. The Kier molecular flexibility index (Phi) is 6.52. The summed E-state index contributed by atoms with van der Waals surface area (Å²) >= 11 is 1.04. The van der Waals surface area contributed by atoms with E-state index in [1.54, 1.807) is 30.3 Å². The number of ether oxygens (including phenoxy) is 1. The fraction of sp³-hybridized carbons (Fsp3) is 0.190. The number of rotatable bonds is 8. The van der Waals surface area contributed by atoms with Crippen molar-refractivity contribution < 1.29 is 27.4 Å². The molecule has 158 valence electrons. The van der Waals surface area contributed by atoms with Gasteiger partial charge in [-0.15, -0.1) is 11.8 Å². The molecule has 0 saturated carbocycles. The first-order chi connectivity index (χ1) is 14.2. The number of hydrogen-bond acceptors (Lipinski definition) is 5. The summed E-state index contributed by atoms with van der Waals surface area (Å²) in [5, 5.41) is 10.3. The van der Waals surface area contributed by atoms with Crippen LogP contribution in [0.5, 0.6) is 5.75 Å². The summed E-state index contributed by atoms with van der Waals surface area (Å²) in [5.74, 6) is -1.26. The van der Waals surface area contributed by atoms with Crippen molar-refractivity contribution in [2.24, 2.45) is 0 Å². The largest absolute Gasteiger partial charge is 0.489 e. The van der Waals surface area contributed by atoms with Crippen LogP contribution in [0.3, 0.4) is 0 Å². The Morgan fingerprint density at radius 3 is 2.37 bits per heavy atom. The average molecular weight is 450 g/mol. The molecule has 0 aliphatic rings. The third-order valence-electron chi connectivity index (χ3n) is 4.03. The Morgan fingerprint density at radius 1 is 1.13 bits per heavy atom. The second-order valence-electron chi connectivity index (χ2n) is 6.71. The monoisotopic (exact) mass is 449 g/mol. The molecule has 30 heavy (non-hydrogen) atoms. The second kappa shape index (κ2) is 8.93. The van der Waals surface area contributed by atoms with Gasteiger partial charge in [-0.05, 0) is 44.2 Å². The van der Waals surface area contributed by atoms with Crippen LogP contribution in [0.2, 0.25) is 0 Å². The van der Waals surface area contributed by atoms with E-state index in [1.165, 1.54) is 12.1 Å². The molecule has 0 aliphatic carbocycles. The maximum absolute atomic E-state index is 13.2. The Hall–Kier alpha value is -2.78. The van der Waals surface area contributed by atoms with Crippen molar-refractivity contribution in [3.8, 4) is 5.75 Å². The van der Waals surface area contributed by atoms with E-state index in [-0.39, 0.29) is 22.4 Å². The SMILES string of the molecule is CC(C)Oc1c(SCC(=O)O)cc(NS(=O)(=O)c2ccc(F)cc2)c2ccccc12. The molecular formula is C21H20FNO5S2. The van der Waals surface area contributed by atoms with Gasteiger partial charge in [-0.3, -0.25) is 9.52 Å². The van der Waals surface area contributed by atoms with Gasteiger partial charge < -0.3 is 9.84 Å². The van der Waals surface area contributed by atoms with E-state index in [0.717, 1.165) is 23.9 Å². The van der Waals surface area contributed by atoms with Crippen molar-refractivity contribution >= 4 is 44.2 Å². The van der Waals surface area contributed by atoms with Gasteiger partial charge in [-0.2, -0.15) is 0 Å². The highest BCUT2D eigenvalue weighted by Crippen LogP contribution is 2.41. The van der Waals surface area contributed by atoms with Gasteiger partial charge in [0.05, 0.1) is 27.3 Å². The van der Waals surface area contributed by atoms with Crippen molar-refractivity contribution in [2.45, 2.75) is 29.7 Å². The zero-order chi connectivity index (χ0) is 21.9. The highest BCUT2D eigenvalue weighted by Gasteiger charge is 2.20. The molecule has 0 fully saturated rings. The normalized spacial score (nSPS) is 11.6. The minimum Gasteiger partial charge on any atom is -0.489 e. The molecular weight excluding hydrogens is 429 g/mol. The first kappa shape index (κ1) is 21.9. The Morgan fingerprint density at radius 2 is 1.77 bits per heavy atom. The summed E-state index contributed by atoms with van der Waals surface area (Å²) in [4.78, 5) is 11.5. The molecule has 3 rings (SSSR count). The number of sulfonamides is 1. The number of nitrogens with one attached hydrogen (secondary N) is 1. The van der Waals surface area contributed by atoms with E-state index >= 15 is 0 Å². The summed E-state index contributed by atoms with van der Waals surface area (Å²) in [6.45, 7) is 3.71. The van der Waals surface area contributed by atoms with Crippen LogP contribution in [0.4, 0.5) is 10.1 Å². The molecule has 6 nitrogen and oxygen atoms in total. The van der Waals surface area contributed by atoms with Crippen molar-refractivity contribution in [1.29, 1.82) is 0 Å². The van der Waals surface area contributed by atoms with E-state index in [2.05, 4.69) is 4.72 Å². The van der Waals surface area contributed by atoms with Crippen LogP contribution in [0.1, 0.15) is 13.8 Å². The highest BCUT2D eigenvalue weighted by atomic mass is 32.2. The van der Waals surface area contributed by atoms with Gasteiger partial charge >= 0.3 is 5.97 Å².